The molecule has 0 radical (unpaired) electrons. The molecule has 0 amide bonds. The fraction of sp³-hybridized carbons (Fsp3) is 0.176. The van der Waals surface area contributed by atoms with Crippen LogP contribution in [-0.2, 0) is 13.5 Å². The van der Waals surface area contributed by atoms with Gasteiger partial charge in [-0.1, -0.05) is 24.3 Å². The van der Waals surface area contributed by atoms with Gasteiger partial charge in [0, 0.05) is 12.6 Å². The van der Waals surface area contributed by atoms with Crippen LogP contribution in [0.25, 0.3) is 11.0 Å². The van der Waals surface area contributed by atoms with E-state index in [4.69, 9.17) is 4.74 Å². The van der Waals surface area contributed by atoms with E-state index >= 15 is 0 Å². The highest BCUT2D eigenvalue weighted by molar-refractivity contribution is 5.97. The van der Waals surface area contributed by atoms with Crippen molar-refractivity contribution in [2.75, 3.05) is 7.11 Å². The van der Waals surface area contributed by atoms with Crippen LogP contribution in [0.2, 0.25) is 0 Å². The van der Waals surface area contributed by atoms with Crippen molar-refractivity contribution >= 4 is 16.8 Å². The van der Waals surface area contributed by atoms with E-state index in [0.717, 1.165) is 16.9 Å². The second-order valence-corrected chi connectivity index (χ2v) is 4.91. The third-order valence-corrected chi connectivity index (χ3v) is 3.59. The molecule has 3 aromatic rings. The number of fused-ring (bicyclic) bond motifs is 1. The Balaban J connectivity index is 1.90. The standard InChI is InChI=1S/C17H16N2O2/c1-19-15-9-4-3-8-14(15)18-17(19)11-16(20)12-6-5-7-13(10-12)21-2/h3-10H,11H2,1-2H3. The molecule has 0 fully saturated rings. The molecule has 0 aliphatic rings. The smallest absolute Gasteiger partial charge is 0.170 e. The van der Waals surface area contributed by atoms with Gasteiger partial charge in [-0.15, -0.1) is 0 Å². The summed E-state index contributed by atoms with van der Waals surface area (Å²) in [6, 6.07) is 15.1. The van der Waals surface area contributed by atoms with Crippen LogP contribution in [0, 0.1) is 0 Å². The molecule has 0 aliphatic carbocycles. The van der Waals surface area contributed by atoms with Crippen molar-refractivity contribution in [2.24, 2.45) is 7.05 Å². The number of aromatic nitrogens is 2. The number of aryl methyl sites for hydroxylation is 1. The zero-order valence-corrected chi connectivity index (χ0v) is 12.0. The molecule has 3 rings (SSSR count). The number of carbonyl (C=O) groups is 1. The average Bonchev–Trinajstić information content (AvgIpc) is 2.84. The summed E-state index contributed by atoms with van der Waals surface area (Å²) in [6.45, 7) is 0. The summed E-state index contributed by atoms with van der Waals surface area (Å²) in [6.07, 6.45) is 0.276. The van der Waals surface area contributed by atoms with Crippen LogP contribution >= 0.6 is 0 Å². The largest absolute Gasteiger partial charge is 0.497 e. The van der Waals surface area contributed by atoms with Crippen molar-refractivity contribution in [3.8, 4) is 5.75 Å². The van der Waals surface area contributed by atoms with E-state index in [9.17, 15) is 4.79 Å². The first-order valence-electron chi connectivity index (χ1n) is 6.76. The van der Waals surface area contributed by atoms with Crippen LogP contribution < -0.4 is 4.74 Å². The third kappa shape index (κ3) is 2.52. The summed E-state index contributed by atoms with van der Waals surface area (Å²) < 4.78 is 7.12. The van der Waals surface area contributed by atoms with Crippen molar-refractivity contribution in [3.05, 3.63) is 59.9 Å². The maximum Gasteiger partial charge on any atom is 0.170 e. The molecule has 1 heterocycles. The number of ketones is 1. The number of benzene rings is 2. The predicted molar refractivity (Wildman–Crippen MR) is 81.7 cm³/mol. The van der Waals surface area contributed by atoms with Crippen molar-refractivity contribution in [1.29, 1.82) is 0 Å². The topological polar surface area (TPSA) is 44.1 Å². The fourth-order valence-electron chi connectivity index (χ4n) is 2.40. The molecule has 1 aromatic heterocycles. The number of methoxy groups -OCH3 is 1. The molecular weight excluding hydrogens is 264 g/mol. The highest BCUT2D eigenvalue weighted by Gasteiger charge is 2.13. The average molecular weight is 280 g/mol. The number of hydrogen-bond acceptors (Lipinski definition) is 3. The molecule has 2 aromatic carbocycles. The van der Waals surface area contributed by atoms with Gasteiger partial charge in [-0.25, -0.2) is 4.98 Å². The lowest BCUT2D eigenvalue weighted by molar-refractivity contribution is 0.0990. The Hall–Kier alpha value is -2.62. The number of hydrogen-bond donors (Lipinski definition) is 0. The van der Waals surface area contributed by atoms with Gasteiger partial charge in [-0.05, 0) is 24.3 Å². The molecule has 0 bridgehead atoms. The van der Waals surface area contributed by atoms with Crippen LogP contribution in [0.4, 0.5) is 0 Å². The minimum atomic E-state index is 0.0345. The molecule has 0 aliphatic heterocycles. The van der Waals surface area contributed by atoms with Gasteiger partial charge in [0.2, 0.25) is 0 Å². The first kappa shape index (κ1) is 13.4. The number of rotatable bonds is 4. The molecule has 4 nitrogen and oxygen atoms in total. The lowest BCUT2D eigenvalue weighted by Crippen LogP contribution is -2.08. The monoisotopic (exact) mass is 280 g/mol. The number of para-hydroxylation sites is 2. The van der Waals surface area contributed by atoms with Gasteiger partial charge in [0.1, 0.15) is 11.6 Å². The van der Waals surface area contributed by atoms with Crippen LogP contribution in [0.1, 0.15) is 16.2 Å². The van der Waals surface area contributed by atoms with Crippen LogP contribution in [-0.4, -0.2) is 22.4 Å². The molecule has 0 unspecified atom stereocenters. The Morgan fingerprint density at radius 1 is 1.19 bits per heavy atom. The van der Waals surface area contributed by atoms with Crippen molar-refractivity contribution in [2.45, 2.75) is 6.42 Å². The van der Waals surface area contributed by atoms with E-state index in [2.05, 4.69) is 4.98 Å². The van der Waals surface area contributed by atoms with E-state index < -0.39 is 0 Å². The highest BCUT2D eigenvalue weighted by Crippen LogP contribution is 2.18. The Morgan fingerprint density at radius 3 is 2.76 bits per heavy atom. The van der Waals surface area contributed by atoms with E-state index in [1.165, 1.54) is 0 Å². The van der Waals surface area contributed by atoms with Gasteiger partial charge in [-0.2, -0.15) is 0 Å². The maximum atomic E-state index is 12.4. The van der Waals surface area contributed by atoms with E-state index in [1.807, 2.05) is 48.0 Å². The number of nitrogens with zero attached hydrogens (tertiary/aromatic N) is 2. The molecule has 0 N–H and O–H groups in total. The lowest BCUT2D eigenvalue weighted by Gasteiger charge is -2.04. The number of carbonyl (C=O) groups excluding carboxylic acids is 1. The van der Waals surface area contributed by atoms with Crippen molar-refractivity contribution < 1.29 is 9.53 Å². The molecule has 0 spiro atoms. The fourth-order valence-corrected chi connectivity index (χ4v) is 2.40. The summed E-state index contributed by atoms with van der Waals surface area (Å²) >= 11 is 0. The van der Waals surface area contributed by atoms with Gasteiger partial charge in [0.15, 0.2) is 5.78 Å². The Morgan fingerprint density at radius 2 is 2.00 bits per heavy atom. The van der Waals surface area contributed by atoms with Gasteiger partial charge in [0.05, 0.1) is 24.6 Å². The normalized spacial score (nSPS) is 10.8. The Bertz CT molecular complexity index is 805. The van der Waals surface area contributed by atoms with Gasteiger partial charge in [0.25, 0.3) is 0 Å². The molecule has 0 saturated heterocycles. The quantitative estimate of drug-likeness (QED) is 0.690. The van der Waals surface area contributed by atoms with Crippen LogP contribution in [0.3, 0.4) is 0 Å². The first-order valence-corrected chi connectivity index (χ1v) is 6.76. The summed E-state index contributed by atoms with van der Waals surface area (Å²) in [5.41, 5.74) is 2.58. The number of Topliss-reactive ketones (excluding diaryl/α,β-unsaturated/α-hetero) is 1. The van der Waals surface area contributed by atoms with Gasteiger partial charge < -0.3 is 9.30 Å². The second-order valence-electron chi connectivity index (χ2n) is 4.91. The third-order valence-electron chi connectivity index (χ3n) is 3.59. The second kappa shape index (κ2) is 5.40. The maximum absolute atomic E-state index is 12.4. The van der Waals surface area contributed by atoms with Gasteiger partial charge >= 0.3 is 0 Å². The molecular formula is C17H16N2O2. The van der Waals surface area contributed by atoms with Gasteiger partial charge in [-0.3, -0.25) is 4.79 Å². The number of imidazole rings is 1. The van der Waals surface area contributed by atoms with E-state index in [0.29, 0.717) is 11.3 Å². The summed E-state index contributed by atoms with van der Waals surface area (Å²) in [7, 11) is 3.53. The molecule has 4 heteroatoms. The Labute approximate surface area is 123 Å². The number of ether oxygens (including phenoxy) is 1. The van der Waals surface area contributed by atoms with Crippen LogP contribution in [0.15, 0.2) is 48.5 Å². The zero-order valence-electron chi connectivity index (χ0n) is 12.0. The van der Waals surface area contributed by atoms with E-state index in [-0.39, 0.29) is 12.2 Å². The summed E-state index contributed by atoms with van der Waals surface area (Å²) in [5, 5.41) is 0. The molecule has 106 valence electrons. The summed E-state index contributed by atoms with van der Waals surface area (Å²) in [4.78, 5) is 16.9. The molecule has 0 atom stereocenters. The SMILES string of the molecule is COc1cccc(C(=O)Cc2nc3ccccc3n2C)c1. The predicted octanol–water partition coefficient (Wildman–Crippen LogP) is 3.01. The minimum absolute atomic E-state index is 0.0345. The Kier molecular flexibility index (Phi) is 3.44. The van der Waals surface area contributed by atoms with Crippen LogP contribution in [0.5, 0.6) is 5.75 Å². The molecule has 21 heavy (non-hydrogen) atoms. The van der Waals surface area contributed by atoms with E-state index in [1.54, 1.807) is 19.2 Å². The first-order chi connectivity index (χ1) is 10.2. The van der Waals surface area contributed by atoms with Crippen molar-refractivity contribution in [1.82, 2.24) is 9.55 Å². The zero-order chi connectivity index (χ0) is 14.8. The summed E-state index contributed by atoms with van der Waals surface area (Å²) in [5.74, 6) is 1.49. The molecule has 0 saturated carbocycles. The lowest BCUT2D eigenvalue weighted by atomic mass is 10.1. The van der Waals surface area contributed by atoms with Crippen molar-refractivity contribution in [3.63, 3.8) is 0 Å². The highest BCUT2D eigenvalue weighted by atomic mass is 16.5. The minimum Gasteiger partial charge on any atom is -0.497 e.